The van der Waals surface area contributed by atoms with Crippen LogP contribution in [0.2, 0.25) is 0 Å². The fourth-order valence-corrected chi connectivity index (χ4v) is 6.72. The highest BCUT2D eigenvalue weighted by Gasteiger charge is 2.54. The second kappa shape index (κ2) is 10.6. The summed E-state index contributed by atoms with van der Waals surface area (Å²) in [5.41, 5.74) is 9.71. The van der Waals surface area contributed by atoms with E-state index in [9.17, 15) is 37.9 Å². The van der Waals surface area contributed by atoms with E-state index in [0.717, 1.165) is 28.0 Å². The Balaban J connectivity index is 1.72. The summed E-state index contributed by atoms with van der Waals surface area (Å²) in [5, 5.41) is 27.2. The van der Waals surface area contributed by atoms with E-state index in [0.29, 0.717) is 0 Å². The summed E-state index contributed by atoms with van der Waals surface area (Å²) in [6.07, 6.45) is 0. The first kappa shape index (κ1) is 26.4. The molecule has 0 aliphatic carbocycles. The number of thiazole rings is 1. The Morgan fingerprint density at radius 1 is 1.34 bits per heavy atom. The summed E-state index contributed by atoms with van der Waals surface area (Å²) in [6.45, 7) is -0.495. The van der Waals surface area contributed by atoms with Gasteiger partial charge in [-0.15, -0.1) is 23.1 Å². The number of carbonyl (C=O) groups is 4. The van der Waals surface area contributed by atoms with E-state index in [4.69, 9.17) is 11.5 Å². The van der Waals surface area contributed by atoms with Gasteiger partial charge in [-0.1, -0.05) is 5.16 Å². The Bertz CT molecular complexity index is 1230. The summed E-state index contributed by atoms with van der Waals surface area (Å²) < 4.78 is 24.9. The number of rotatable bonds is 10. The number of hydrogen-bond acceptors (Lipinski definition) is 13. The minimum Gasteiger partial charge on any atom is -0.477 e. The van der Waals surface area contributed by atoms with Crippen molar-refractivity contribution in [3.63, 3.8) is 0 Å². The number of oxime groups is 1. The van der Waals surface area contributed by atoms with E-state index < -0.39 is 67.9 Å². The molecule has 0 radical (unpaired) electrons. The van der Waals surface area contributed by atoms with Gasteiger partial charge in [-0.3, -0.25) is 19.3 Å². The number of nitrogens with one attached hydrogen (secondary N) is 2. The second-order valence-electron chi connectivity index (χ2n) is 7.28. The van der Waals surface area contributed by atoms with Crippen LogP contribution in [0.3, 0.4) is 0 Å². The molecular weight excluding hydrogens is 526 g/mol. The lowest BCUT2D eigenvalue weighted by Gasteiger charge is -2.49. The molecule has 0 bridgehead atoms. The third-order valence-corrected chi connectivity index (χ3v) is 8.56. The number of thioether (sulfide) groups is 1. The number of hydrogen-bond donors (Lipinski definition) is 6. The Labute approximate surface area is 206 Å². The molecule has 0 spiro atoms. The first-order chi connectivity index (χ1) is 16.5. The minimum absolute atomic E-state index is 0.00584. The molecule has 18 heteroatoms. The average Bonchev–Trinajstić information content (AvgIpc) is 3.22. The molecule has 1 fully saturated rings. The fourth-order valence-electron chi connectivity index (χ4n) is 3.37. The highest BCUT2D eigenvalue weighted by Crippen LogP contribution is 2.40. The van der Waals surface area contributed by atoms with Crippen LogP contribution in [0.5, 0.6) is 0 Å². The normalized spacial score (nSPS) is 20.2. The molecule has 3 rings (SSSR count). The van der Waals surface area contributed by atoms with Crippen LogP contribution in [0.4, 0.5) is 5.13 Å². The molecule has 2 aliphatic heterocycles. The summed E-state index contributed by atoms with van der Waals surface area (Å²) >= 11 is 2.08. The lowest BCUT2D eigenvalue weighted by molar-refractivity contribution is -0.150. The van der Waals surface area contributed by atoms with E-state index in [1.54, 1.807) is 0 Å². The number of carboxylic acid groups (broad SMARTS) is 1. The van der Waals surface area contributed by atoms with E-state index in [1.807, 2.05) is 0 Å². The van der Waals surface area contributed by atoms with Crippen LogP contribution < -0.4 is 22.1 Å². The number of nitrogen functional groups attached to an aromatic ring is 1. The number of fused-ring (bicyclic) bond motifs is 1. The van der Waals surface area contributed by atoms with Gasteiger partial charge in [0.2, 0.25) is 5.91 Å². The Kier molecular flexibility index (Phi) is 7.98. The maximum absolute atomic E-state index is 12.7. The van der Waals surface area contributed by atoms with Crippen molar-refractivity contribution in [2.45, 2.75) is 11.4 Å². The van der Waals surface area contributed by atoms with Gasteiger partial charge in [0.15, 0.2) is 20.7 Å². The number of amides is 3. The molecule has 3 amide bonds. The molecule has 3 heterocycles. The summed E-state index contributed by atoms with van der Waals surface area (Å²) in [5.74, 6) is -4.82. The molecule has 0 aromatic carbocycles. The number of aliphatic carboxylic acids is 1. The molecule has 2 aliphatic rings. The van der Waals surface area contributed by atoms with Gasteiger partial charge in [-0.05, 0) is 5.57 Å². The van der Waals surface area contributed by atoms with Crippen LogP contribution in [-0.4, -0.2) is 99.8 Å². The van der Waals surface area contributed by atoms with Gasteiger partial charge >= 0.3 is 5.97 Å². The van der Waals surface area contributed by atoms with E-state index in [-0.39, 0.29) is 35.2 Å². The lowest BCUT2D eigenvalue weighted by Crippen LogP contribution is -2.71. The number of sulfone groups is 1. The van der Waals surface area contributed by atoms with Crippen molar-refractivity contribution in [1.82, 2.24) is 20.5 Å². The van der Waals surface area contributed by atoms with Gasteiger partial charge < -0.3 is 32.4 Å². The van der Waals surface area contributed by atoms with Crippen LogP contribution in [0.25, 0.3) is 0 Å². The van der Waals surface area contributed by atoms with Crippen LogP contribution in [0.1, 0.15) is 5.69 Å². The third-order valence-electron chi connectivity index (χ3n) is 4.93. The van der Waals surface area contributed by atoms with Crippen molar-refractivity contribution in [2.75, 3.05) is 36.1 Å². The zero-order chi connectivity index (χ0) is 25.9. The van der Waals surface area contributed by atoms with Crippen molar-refractivity contribution in [3.05, 3.63) is 22.3 Å². The molecule has 1 saturated heterocycles. The number of carbonyl (C=O) groups excluding carboxylic acids is 3. The molecule has 2 atom stereocenters. The van der Waals surface area contributed by atoms with E-state index >= 15 is 0 Å². The smallest absolute Gasteiger partial charge is 0.352 e. The zero-order valence-corrected chi connectivity index (χ0v) is 20.3. The number of carboxylic acids is 1. The first-order valence-corrected chi connectivity index (χ1v) is 13.6. The summed E-state index contributed by atoms with van der Waals surface area (Å²) in [7, 11) is -3.82. The standard InChI is InChI=1S/C17H21N7O8S3/c18-3-9(25)20-1-2-35(31,32)6-7-4-33-15-11(14(27)24(15)12(7)16(28)29)22-13(26)10(23-30)8-5-34-17(19)21-8/h5,11,15,30H,1-4,6,18H2,(H2,19,21)(H,20,25)(H,22,26)(H,28,29)/b23-10-/t11?,15-/m1/s1. The largest absolute Gasteiger partial charge is 0.477 e. The Morgan fingerprint density at radius 2 is 2.06 bits per heavy atom. The maximum Gasteiger partial charge on any atom is 0.352 e. The van der Waals surface area contributed by atoms with Gasteiger partial charge in [0.05, 0.1) is 18.1 Å². The van der Waals surface area contributed by atoms with Crippen LogP contribution in [0, 0.1) is 0 Å². The van der Waals surface area contributed by atoms with Gasteiger partial charge in [-0.2, -0.15) is 0 Å². The zero-order valence-electron chi connectivity index (χ0n) is 17.8. The van der Waals surface area contributed by atoms with E-state index in [1.165, 1.54) is 5.38 Å². The quantitative estimate of drug-likeness (QED) is 0.0749. The molecule has 1 aromatic heterocycles. The van der Waals surface area contributed by atoms with Crippen LogP contribution in [0.15, 0.2) is 21.8 Å². The van der Waals surface area contributed by atoms with Gasteiger partial charge in [0.25, 0.3) is 11.8 Å². The maximum atomic E-state index is 12.7. The minimum atomic E-state index is -3.82. The third kappa shape index (κ3) is 5.72. The van der Waals surface area contributed by atoms with Crippen molar-refractivity contribution < 1.29 is 37.9 Å². The molecule has 1 unspecified atom stereocenters. The van der Waals surface area contributed by atoms with Crippen LogP contribution >= 0.6 is 23.1 Å². The number of anilines is 1. The molecule has 0 saturated carbocycles. The predicted octanol–water partition coefficient (Wildman–Crippen LogP) is -2.87. The van der Waals surface area contributed by atoms with Crippen molar-refractivity contribution in [2.24, 2.45) is 10.9 Å². The molecule has 35 heavy (non-hydrogen) atoms. The second-order valence-corrected chi connectivity index (χ2v) is 11.5. The van der Waals surface area contributed by atoms with Crippen molar-refractivity contribution >= 4 is 67.5 Å². The highest BCUT2D eigenvalue weighted by molar-refractivity contribution is 8.00. The topological polar surface area (TPSA) is 247 Å². The van der Waals surface area contributed by atoms with Crippen molar-refractivity contribution in [1.29, 1.82) is 0 Å². The number of β-lactam (4-membered cyclic amide) rings is 1. The molecule has 8 N–H and O–H groups in total. The Hall–Kier alpha value is -3.22. The molecule has 1 aromatic rings. The first-order valence-electron chi connectivity index (χ1n) is 9.80. The van der Waals surface area contributed by atoms with Gasteiger partial charge in [-0.25, -0.2) is 18.2 Å². The number of nitrogens with two attached hydrogens (primary N) is 2. The fraction of sp³-hybridized carbons (Fsp3) is 0.412. The van der Waals surface area contributed by atoms with Crippen molar-refractivity contribution in [3.8, 4) is 0 Å². The monoisotopic (exact) mass is 547 g/mol. The van der Waals surface area contributed by atoms with Crippen LogP contribution in [-0.2, 0) is 29.0 Å². The molecule has 190 valence electrons. The average molecular weight is 548 g/mol. The lowest BCUT2D eigenvalue weighted by atomic mass is 10.0. The molecular formula is C17H21N7O8S3. The highest BCUT2D eigenvalue weighted by atomic mass is 32.2. The SMILES string of the molecule is NCC(=O)NCCS(=O)(=O)CC1=C(C(=O)O)N2C(=O)C(NC(=O)/C(=N\O)c3csc(N)n3)[C@H]2SC1. The van der Waals surface area contributed by atoms with E-state index in [2.05, 4.69) is 20.8 Å². The number of nitrogens with zero attached hydrogens (tertiary/aromatic N) is 3. The summed E-state index contributed by atoms with van der Waals surface area (Å²) in [6, 6.07) is -1.14. The predicted molar refractivity (Wildman–Crippen MR) is 125 cm³/mol. The Morgan fingerprint density at radius 3 is 2.63 bits per heavy atom. The van der Waals surface area contributed by atoms with Gasteiger partial charge in [0, 0.05) is 17.7 Å². The molecule has 15 nitrogen and oxygen atoms in total. The number of aromatic nitrogens is 1. The van der Waals surface area contributed by atoms with Gasteiger partial charge in [0.1, 0.15) is 22.8 Å². The summed E-state index contributed by atoms with van der Waals surface area (Å²) in [4.78, 5) is 53.1.